The predicted octanol–water partition coefficient (Wildman–Crippen LogP) is 0.615. The highest BCUT2D eigenvalue weighted by Crippen LogP contribution is 2.46. The standard InChI is InChI=1S/C14H16N2O5/c1-15-12(19)14(5-6-14)13(20)16-9-3-2-4-10(7-9)21-8-11(17)18/h2-4,7H,5-6,8H2,1H3,(H,15,19)(H,16,20)(H,17,18). The maximum absolute atomic E-state index is 12.2. The fraction of sp³-hybridized carbons (Fsp3) is 0.357. The van der Waals surface area contributed by atoms with Gasteiger partial charge in [-0.25, -0.2) is 4.79 Å². The van der Waals surface area contributed by atoms with E-state index in [-0.39, 0.29) is 11.8 Å². The summed E-state index contributed by atoms with van der Waals surface area (Å²) < 4.78 is 5.03. The number of nitrogens with one attached hydrogen (secondary N) is 2. The monoisotopic (exact) mass is 292 g/mol. The molecule has 7 nitrogen and oxygen atoms in total. The molecule has 0 heterocycles. The van der Waals surface area contributed by atoms with Gasteiger partial charge in [0.05, 0.1) is 0 Å². The Balaban J connectivity index is 2.03. The molecule has 2 rings (SSSR count). The SMILES string of the molecule is CNC(=O)C1(C(=O)Nc2cccc(OCC(=O)O)c2)CC1. The number of rotatable bonds is 6. The van der Waals surface area contributed by atoms with Crippen LogP contribution in [0.1, 0.15) is 12.8 Å². The lowest BCUT2D eigenvalue weighted by Crippen LogP contribution is -2.38. The first kappa shape index (κ1) is 14.8. The lowest BCUT2D eigenvalue weighted by atomic mass is 10.1. The zero-order chi connectivity index (χ0) is 15.5. The Bertz CT molecular complexity index is 580. The number of benzene rings is 1. The number of ether oxygens (including phenoxy) is 1. The first-order chi connectivity index (χ1) is 9.98. The number of carboxylic acid groups (broad SMARTS) is 1. The van der Waals surface area contributed by atoms with Gasteiger partial charge in [0, 0.05) is 18.8 Å². The van der Waals surface area contributed by atoms with Crippen LogP contribution >= 0.6 is 0 Å². The van der Waals surface area contributed by atoms with Crippen molar-refractivity contribution in [1.29, 1.82) is 0 Å². The molecule has 3 N–H and O–H groups in total. The van der Waals surface area contributed by atoms with Crippen LogP contribution in [0.5, 0.6) is 5.75 Å². The summed E-state index contributed by atoms with van der Waals surface area (Å²) in [5.41, 5.74) is -0.523. The van der Waals surface area contributed by atoms with E-state index in [1.165, 1.54) is 13.1 Å². The summed E-state index contributed by atoms with van der Waals surface area (Å²) in [6, 6.07) is 6.38. The minimum absolute atomic E-state index is 0.293. The largest absolute Gasteiger partial charge is 0.482 e. The topological polar surface area (TPSA) is 105 Å². The van der Waals surface area contributed by atoms with E-state index in [0.717, 1.165) is 0 Å². The third kappa shape index (κ3) is 3.31. The van der Waals surface area contributed by atoms with Crippen molar-refractivity contribution in [2.45, 2.75) is 12.8 Å². The van der Waals surface area contributed by atoms with Gasteiger partial charge in [0.2, 0.25) is 11.8 Å². The van der Waals surface area contributed by atoms with Gasteiger partial charge in [-0.15, -0.1) is 0 Å². The second-order valence-corrected chi connectivity index (χ2v) is 4.83. The molecule has 0 aromatic heterocycles. The molecule has 0 unspecified atom stereocenters. The molecule has 1 aromatic carbocycles. The van der Waals surface area contributed by atoms with E-state index in [4.69, 9.17) is 9.84 Å². The van der Waals surface area contributed by atoms with Crippen LogP contribution in [0, 0.1) is 5.41 Å². The second kappa shape index (κ2) is 5.82. The number of carbonyl (C=O) groups is 3. The lowest BCUT2D eigenvalue weighted by molar-refractivity contribution is -0.139. The molecule has 1 aliphatic carbocycles. The molecule has 1 aromatic rings. The third-order valence-electron chi connectivity index (χ3n) is 3.30. The van der Waals surface area contributed by atoms with Crippen molar-refractivity contribution >= 4 is 23.5 Å². The third-order valence-corrected chi connectivity index (χ3v) is 3.30. The van der Waals surface area contributed by atoms with Gasteiger partial charge >= 0.3 is 5.97 Å². The molecular weight excluding hydrogens is 276 g/mol. The zero-order valence-corrected chi connectivity index (χ0v) is 11.5. The lowest BCUT2D eigenvalue weighted by Gasteiger charge is -2.14. The fourth-order valence-corrected chi connectivity index (χ4v) is 1.98. The van der Waals surface area contributed by atoms with Crippen LogP contribution in [0.2, 0.25) is 0 Å². The van der Waals surface area contributed by atoms with Crippen molar-refractivity contribution in [2.24, 2.45) is 5.41 Å². The normalized spacial score (nSPS) is 14.9. The molecule has 0 radical (unpaired) electrons. The fourth-order valence-electron chi connectivity index (χ4n) is 1.98. The Kier molecular flexibility index (Phi) is 4.11. The van der Waals surface area contributed by atoms with Gasteiger partial charge < -0.3 is 20.5 Å². The van der Waals surface area contributed by atoms with E-state index in [9.17, 15) is 14.4 Å². The van der Waals surface area contributed by atoms with E-state index >= 15 is 0 Å². The van der Waals surface area contributed by atoms with Crippen LogP contribution in [-0.2, 0) is 14.4 Å². The summed E-state index contributed by atoms with van der Waals surface area (Å²) in [7, 11) is 1.50. The van der Waals surface area contributed by atoms with Gasteiger partial charge in [-0.1, -0.05) is 6.07 Å². The van der Waals surface area contributed by atoms with Crippen LogP contribution in [0.4, 0.5) is 5.69 Å². The van der Waals surface area contributed by atoms with Crippen molar-refractivity contribution in [3.8, 4) is 5.75 Å². The molecule has 0 bridgehead atoms. The van der Waals surface area contributed by atoms with E-state index < -0.39 is 18.0 Å². The summed E-state index contributed by atoms with van der Waals surface area (Å²) in [5.74, 6) is -1.41. The molecule has 21 heavy (non-hydrogen) atoms. The van der Waals surface area contributed by atoms with Gasteiger partial charge in [-0.2, -0.15) is 0 Å². The molecule has 1 saturated carbocycles. The Morgan fingerprint density at radius 2 is 2.00 bits per heavy atom. The molecule has 2 amide bonds. The van der Waals surface area contributed by atoms with E-state index in [0.29, 0.717) is 24.3 Å². The minimum atomic E-state index is -1.08. The van der Waals surface area contributed by atoms with Crippen LogP contribution in [0.25, 0.3) is 0 Å². The number of aliphatic carboxylic acids is 1. The summed E-state index contributed by atoms with van der Waals surface area (Å²) >= 11 is 0. The van der Waals surface area contributed by atoms with Crippen molar-refractivity contribution < 1.29 is 24.2 Å². The molecule has 1 aliphatic rings. The minimum Gasteiger partial charge on any atom is -0.482 e. The first-order valence-corrected chi connectivity index (χ1v) is 6.46. The quantitative estimate of drug-likeness (QED) is 0.666. The Morgan fingerprint density at radius 1 is 1.29 bits per heavy atom. The average Bonchev–Trinajstić information content (AvgIpc) is 3.26. The van der Waals surface area contributed by atoms with Crippen LogP contribution in [0.15, 0.2) is 24.3 Å². The van der Waals surface area contributed by atoms with Crippen molar-refractivity contribution in [2.75, 3.05) is 19.0 Å². The van der Waals surface area contributed by atoms with E-state index in [1.807, 2.05) is 0 Å². The summed E-state index contributed by atoms with van der Waals surface area (Å²) in [4.78, 5) is 34.3. The van der Waals surface area contributed by atoms with Gasteiger partial charge in [0.25, 0.3) is 0 Å². The maximum Gasteiger partial charge on any atom is 0.341 e. The molecule has 0 atom stereocenters. The van der Waals surface area contributed by atoms with Gasteiger partial charge in [-0.05, 0) is 25.0 Å². The molecule has 112 valence electrons. The zero-order valence-electron chi connectivity index (χ0n) is 11.5. The van der Waals surface area contributed by atoms with Gasteiger partial charge in [-0.3, -0.25) is 9.59 Å². The summed E-state index contributed by atoms with van der Waals surface area (Å²) in [5, 5.41) is 13.7. The van der Waals surface area contributed by atoms with Crippen LogP contribution < -0.4 is 15.4 Å². The highest BCUT2D eigenvalue weighted by Gasteiger charge is 2.56. The second-order valence-electron chi connectivity index (χ2n) is 4.83. The van der Waals surface area contributed by atoms with E-state index in [1.54, 1.807) is 18.2 Å². The maximum atomic E-state index is 12.2. The molecular formula is C14H16N2O5. The number of carbonyl (C=O) groups excluding carboxylic acids is 2. The number of hydrogen-bond donors (Lipinski definition) is 3. The summed E-state index contributed by atoms with van der Waals surface area (Å²) in [6.45, 7) is -0.459. The van der Waals surface area contributed by atoms with Crippen LogP contribution in [0.3, 0.4) is 0 Å². The Labute approximate surface area is 121 Å². The number of amides is 2. The average molecular weight is 292 g/mol. The molecule has 7 heteroatoms. The first-order valence-electron chi connectivity index (χ1n) is 6.46. The molecule has 0 aliphatic heterocycles. The summed E-state index contributed by atoms with van der Waals surface area (Å²) in [6.07, 6.45) is 1.04. The Morgan fingerprint density at radius 3 is 2.57 bits per heavy atom. The highest BCUT2D eigenvalue weighted by atomic mass is 16.5. The predicted molar refractivity (Wildman–Crippen MR) is 73.9 cm³/mol. The number of carboxylic acids is 1. The molecule has 1 fully saturated rings. The number of hydrogen-bond acceptors (Lipinski definition) is 4. The number of anilines is 1. The Hall–Kier alpha value is -2.57. The van der Waals surface area contributed by atoms with E-state index in [2.05, 4.69) is 10.6 Å². The van der Waals surface area contributed by atoms with Crippen molar-refractivity contribution in [3.63, 3.8) is 0 Å². The van der Waals surface area contributed by atoms with Crippen molar-refractivity contribution in [1.82, 2.24) is 5.32 Å². The van der Waals surface area contributed by atoms with Gasteiger partial charge in [0.15, 0.2) is 6.61 Å². The van der Waals surface area contributed by atoms with Gasteiger partial charge in [0.1, 0.15) is 11.2 Å². The highest BCUT2D eigenvalue weighted by molar-refractivity contribution is 6.13. The van der Waals surface area contributed by atoms with Crippen LogP contribution in [-0.4, -0.2) is 36.5 Å². The van der Waals surface area contributed by atoms with Crippen molar-refractivity contribution in [3.05, 3.63) is 24.3 Å². The smallest absolute Gasteiger partial charge is 0.341 e. The molecule has 0 spiro atoms. The molecule has 0 saturated heterocycles.